The van der Waals surface area contributed by atoms with E-state index < -0.39 is 58.0 Å². The number of carbonyl (C=O) groups is 3. The average Bonchev–Trinajstić information content (AvgIpc) is 2.93. The Morgan fingerprint density at radius 2 is 1.77 bits per heavy atom. The van der Waals surface area contributed by atoms with Crippen molar-refractivity contribution >= 4 is 28.9 Å². The quantitative estimate of drug-likeness (QED) is 0.256. The fourth-order valence-corrected chi connectivity index (χ4v) is 7.76. The molecule has 0 bridgehead atoms. The zero-order chi connectivity index (χ0) is 31.5. The van der Waals surface area contributed by atoms with E-state index in [-0.39, 0.29) is 35.8 Å². The lowest BCUT2D eigenvalue weighted by Crippen LogP contribution is -2.65. The first-order chi connectivity index (χ1) is 20.2. The van der Waals surface area contributed by atoms with Gasteiger partial charge in [0.05, 0.1) is 11.6 Å². The van der Waals surface area contributed by atoms with Gasteiger partial charge in [-0.3, -0.25) is 19.3 Å². The molecule has 1 aromatic carbocycles. The summed E-state index contributed by atoms with van der Waals surface area (Å²) in [6, 6.07) is 0.968. The van der Waals surface area contributed by atoms with E-state index in [2.05, 4.69) is 10.2 Å². The molecule has 4 aliphatic carbocycles. The number of nitrogens with zero attached hydrogens (tertiary/aromatic N) is 2. The minimum absolute atomic E-state index is 0.0574. The van der Waals surface area contributed by atoms with E-state index in [9.17, 15) is 34.8 Å². The first-order valence-electron chi connectivity index (χ1n) is 15.2. The van der Waals surface area contributed by atoms with Crippen LogP contribution in [0.5, 0.6) is 5.75 Å². The lowest BCUT2D eigenvalue weighted by atomic mass is 9.57. The molecule has 0 aromatic heterocycles. The molecule has 0 radical (unpaired) electrons. The normalized spacial score (nSPS) is 27.9. The van der Waals surface area contributed by atoms with Crippen molar-refractivity contribution in [3.8, 4) is 5.75 Å². The summed E-state index contributed by atoms with van der Waals surface area (Å²) in [5.41, 5.74) is 4.32. The van der Waals surface area contributed by atoms with Crippen LogP contribution >= 0.6 is 0 Å². The summed E-state index contributed by atoms with van der Waals surface area (Å²) in [7, 11) is 5.14. The maximum absolute atomic E-state index is 14.1. The van der Waals surface area contributed by atoms with Crippen molar-refractivity contribution in [1.29, 1.82) is 0 Å². The van der Waals surface area contributed by atoms with Gasteiger partial charge in [-0.1, -0.05) is 19.3 Å². The largest absolute Gasteiger partial charge is 0.508 e. The van der Waals surface area contributed by atoms with Crippen molar-refractivity contribution in [1.82, 2.24) is 10.2 Å². The highest BCUT2D eigenvalue weighted by Gasteiger charge is 2.64. The van der Waals surface area contributed by atoms with Crippen LogP contribution in [0.4, 0.5) is 5.69 Å². The number of benzene rings is 1. The van der Waals surface area contributed by atoms with Crippen LogP contribution in [0.1, 0.15) is 69.1 Å². The number of primary amides is 1. The second-order valence-electron chi connectivity index (χ2n) is 13.1. The molecule has 0 heterocycles. The Hall–Kier alpha value is -3.41. The maximum atomic E-state index is 14.1. The van der Waals surface area contributed by atoms with Crippen LogP contribution in [-0.4, -0.2) is 87.7 Å². The van der Waals surface area contributed by atoms with Gasteiger partial charge >= 0.3 is 0 Å². The summed E-state index contributed by atoms with van der Waals surface area (Å²) >= 11 is 0. The number of phenolic OH excluding ortho intramolecular Hbond substituents is 1. The molecule has 1 amide bonds. The van der Waals surface area contributed by atoms with Crippen molar-refractivity contribution < 1.29 is 34.8 Å². The molecule has 1 aromatic rings. The van der Waals surface area contributed by atoms with E-state index in [0.717, 1.165) is 24.1 Å². The molecule has 11 heteroatoms. The maximum Gasteiger partial charge on any atom is 0.255 e. The van der Waals surface area contributed by atoms with E-state index >= 15 is 0 Å². The van der Waals surface area contributed by atoms with Gasteiger partial charge < -0.3 is 36.4 Å². The Bertz CT molecular complexity index is 1420. The highest BCUT2D eigenvalue weighted by Crippen LogP contribution is 2.54. The Morgan fingerprint density at radius 3 is 2.35 bits per heavy atom. The number of rotatable bonds is 7. The van der Waals surface area contributed by atoms with Gasteiger partial charge in [0.1, 0.15) is 22.8 Å². The van der Waals surface area contributed by atoms with Crippen LogP contribution in [0.15, 0.2) is 23.0 Å². The second-order valence-corrected chi connectivity index (χ2v) is 13.1. The number of hydrogen-bond acceptors (Lipinski definition) is 10. The van der Waals surface area contributed by atoms with Gasteiger partial charge in [0.25, 0.3) is 5.91 Å². The Morgan fingerprint density at radius 1 is 1.12 bits per heavy atom. The second kappa shape index (κ2) is 11.3. The van der Waals surface area contributed by atoms with Gasteiger partial charge in [0, 0.05) is 42.9 Å². The molecule has 7 N–H and O–H groups in total. The Labute approximate surface area is 252 Å². The third-order valence-electron chi connectivity index (χ3n) is 10.1. The SMILES string of the molecule is CC(C)N(C)c1c(CNC2CCCCC2)cc(O)c2c1C[C@H]1C[C@H]3[C@H](N(C)C)C(=O)C(C(N)=O)=C(O)[C@@]3(O)C(=O)C1=C2O. The number of ketones is 2. The van der Waals surface area contributed by atoms with Crippen LogP contribution in [0.2, 0.25) is 0 Å². The van der Waals surface area contributed by atoms with Crippen molar-refractivity contribution in [2.75, 3.05) is 26.0 Å². The summed E-state index contributed by atoms with van der Waals surface area (Å²) in [6.45, 7) is 4.62. The number of aliphatic hydroxyl groups excluding tert-OH is 2. The van der Waals surface area contributed by atoms with Crippen LogP contribution in [-0.2, 0) is 27.3 Å². The topological polar surface area (TPSA) is 177 Å². The molecule has 4 atom stereocenters. The fourth-order valence-electron chi connectivity index (χ4n) is 7.76. The number of nitrogens with two attached hydrogens (primary N) is 1. The molecule has 0 spiro atoms. The molecule has 4 aliphatic rings. The summed E-state index contributed by atoms with van der Waals surface area (Å²) in [4.78, 5) is 43.3. The number of anilines is 1. The van der Waals surface area contributed by atoms with Crippen molar-refractivity contribution in [2.45, 2.75) is 89.1 Å². The number of phenols is 1. The van der Waals surface area contributed by atoms with Gasteiger partial charge in [-0.15, -0.1) is 0 Å². The van der Waals surface area contributed by atoms with Crippen LogP contribution in [0.3, 0.4) is 0 Å². The molecule has 11 nitrogen and oxygen atoms in total. The first kappa shape index (κ1) is 31.0. The number of aliphatic hydroxyl groups is 3. The minimum Gasteiger partial charge on any atom is -0.508 e. The van der Waals surface area contributed by atoms with Crippen molar-refractivity contribution in [2.24, 2.45) is 17.6 Å². The molecule has 234 valence electrons. The summed E-state index contributed by atoms with van der Waals surface area (Å²) in [5.74, 6) is -6.50. The van der Waals surface area contributed by atoms with E-state index in [0.29, 0.717) is 18.2 Å². The summed E-state index contributed by atoms with van der Waals surface area (Å²) < 4.78 is 0. The summed E-state index contributed by atoms with van der Waals surface area (Å²) in [6.07, 6.45) is 6.10. The van der Waals surface area contributed by atoms with Crippen molar-refractivity contribution in [3.63, 3.8) is 0 Å². The molecule has 43 heavy (non-hydrogen) atoms. The highest BCUT2D eigenvalue weighted by atomic mass is 16.3. The van der Waals surface area contributed by atoms with E-state index in [1.807, 2.05) is 20.9 Å². The molecule has 5 rings (SSSR count). The number of likely N-dealkylation sites (N-methyl/N-ethyl adjacent to an activating group) is 1. The van der Waals surface area contributed by atoms with Gasteiger partial charge in [-0.25, -0.2) is 0 Å². The molecule has 0 saturated heterocycles. The van der Waals surface area contributed by atoms with Crippen LogP contribution in [0.25, 0.3) is 5.76 Å². The molecule has 2 saturated carbocycles. The predicted molar refractivity (Wildman–Crippen MR) is 161 cm³/mol. The van der Waals surface area contributed by atoms with Crippen molar-refractivity contribution in [3.05, 3.63) is 39.7 Å². The fraction of sp³-hybridized carbons (Fsp3) is 0.594. The number of Topliss-reactive ketones (excluding diaryl/α,β-unsaturated/α-hetero) is 2. The third kappa shape index (κ3) is 4.81. The average molecular weight is 597 g/mol. The number of amides is 1. The van der Waals surface area contributed by atoms with E-state index in [4.69, 9.17) is 5.73 Å². The van der Waals surface area contributed by atoms with Crippen LogP contribution < -0.4 is 16.0 Å². The number of aromatic hydroxyl groups is 1. The number of fused-ring (bicyclic) bond motifs is 3. The molecular formula is C32H44N4O7. The highest BCUT2D eigenvalue weighted by molar-refractivity contribution is 6.24. The van der Waals surface area contributed by atoms with Gasteiger partial charge in [-0.2, -0.15) is 0 Å². The molecule has 0 aliphatic heterocycles. The number of nitrogens with one attached hydrogen (secondary N) is 1. The van der Waals surface area contributed by atoms with E-state index in [1.54, 1.807) is 20.2 Å². The zero-order valence-electron chi connectivity index (χ0n) is 25.6. The molecule has 2 fully saturated rings. The summed E-state index contributed by atoms with van der Waals surface area (Å²) in [5, 5.41) is 49.5. The Balaban J connectivity index is 1.66. The van der Waals surface area contributed by atoms with Gasteiger partial charge in [-0.05, 0) is 76.7 Å². The smallest absolute Gasteiger partial charge is 0.255 e. The standard InChI is InChI=1S/C32H44N4O7/c1-15(2)36(5)25-17(14-34-18-9-7-6-8-10-18)13-21(37)23-19(25)11-16-12-20-26(35(3)4)28(39)24(31(33)42)30(41)32(20,43)29(40)22(16)27(23)38/h13,15-16,18,20,26,34,37-38,41,43H,6-12,14H2,1-5H3,(H2,33,42)/t16-,20-,26-,32-/m0/s1. The zero-order valence-corrected chi connectivity index (χ0v) is 25.6. The monoisotopic (exact) mass is 596 g/mol. The lowest BCUT2D eigenvalue weighted by molar-refractivity contribution is -0.153. The van der Waals surface area contributed by atoms with E-state index in [1.165, 1.54) is 24.2 Å². The first-order valence-corrected chi connectivity index (χ1v) is 15.2. The minimum atomic E-state index is -2.65. The third-order valence-corrected chi connectivity index (χ3v) is 10.1. The number of hydrogen-bond donors (Lipinski definition) is 6. The van der Waals surface area contributed by atoms with Gasteiger partial charge in [0.15, 0.2) is 11.4 Å². The number of carbonyl (C=O) groups excluding carboxylic acids is 3. The predicted octanol–water partition coefficient (Wildman–Crippen LogP) is 2.23. The lowest BCUT2D eigenvalue weighted by Gasteiger charge is -2.50. The van der Waals surface area contributed by atoms with Crippen LogP contribution in [0, 0.1) is 11.8 Å². The van der Waals surface area contributed by atoms with Gasteiger partial charge in [0.2, 0.25) is 5.78 Å². The Kier molecular flexibility index (Phi) is 8.12. The molecular weight excluding hydrogens is 552 g/mol. The molecule has 0 unspecified atom stereocenters.